The SMILES string of the molecule is CCP(=O)(CP(=O)(O)O)c1ccccc1. The maximum absolute atomic E-state index is 12.3. The van der Waals surface area contributed by atoms with E-state index in [0.29, 0.717) is 5.30 Å². The summed E-state index contributed by atoms with van der Waals surface area (Å²) in [6, 6.07) is 8.52. The first-order chi connectivity index (χ1) is 6.87. The smallest absolute Gasteiger partial charge is 0.324 e. The van der Waals surface area contributed by atoms with Crippen molar-refractivity contribution < 1.29 is 18.9 Å². The molecular weight excluding hydrogens is 234 g/mol. The minimum absolute atomic E-state index is 0.266. The van der Waals surface area contributed by atoms with Crippen molar-refractivity contribution in [2.75, 3.05) is 12.1 Å². The summed E-state index contributed by atoms with van der Waals surface area (Å²) in [5.74, 6) is -0.541. The van der Waals surface area contributed by atoms with Crippen LogP contribution in [0, 0.1) is 0 Å². The zero-order valence-corrected chi connectivity index (χ0v) is 10.2. The van der Waals surface area contributed by atoms with Gasteiger partial charge in [-0.25, -0.2) is 0 Å². The van der Waals surface area contributed by atoms with Gasteiger partial charge in [-0.05, 0) is 0 Å². The summed E-state index contributed by atoms with van der Waals surface area (Å²) in [6.45, 7) is 1.68. The average molecular weight is 248 g/mol. The molecule has 1 unspecified atom stereocenters. The standard InChI is InChI=1S/C9H14O4P2/c1-2-14(10,8-15(11,12)13)9-6-4-3-5-7-9/h3-7H,2,8H2,1H3,(H2,11,12,13). The highest BCUT2D eigenvalue weighted by molar-refractivity contribution is 7.81. The van der Waals surface area contributed by atoms with Crippen LogP contribution in [0.5, 0.6) is 0 Å². The maximum Gasteiger partial charge on any atom is 0.333 e. The van der Waals surface area contributed by atoms with Crippen molar-refractivity contribution in [3.8, 4) is 0 Å². The zero-order valence-electron chi connectivity index (χ0n) is 8.41. The van der Waals surface area contributed by atoms with Crippen LogP contribution in [0.15, 0.2) is 30.3 Å². The van der Waals surface area contributed by atoms with Crippen molar-refractivity contribution in [3.05, 3.63) is 30.3 Å². The predicted molar refractivity (Wildman–Crippen MR) is 61.1 cm³/mol. The Labute approximate surface area is 88.9 Å². The largest absolute Gasteiger partial charge is 0.333 e. The van der Waals surface area contributed by atoms with E-state index in [9.17, 15) is 9.13 Å². The lowest BCUT2D eigenvalue weighted by molar-refractivity contribution is 0.378. The van der Waals surface area contributed by atoms with Crippen LogP contribution in [-0.4, -0.2) is 21.9 Å². The molecule has 0 aromatic heterocycles. The van der Waals surface area contributed by atoms with Crippen LogP contribution in [-0.2, 0) is 9.13 Å². The van der Waals surface area contributed by atoms with E-state index in [2.05, 4.69) is 0 Å². The third-order valence-electron chi connectivity index (χ3n) is 2.15. The quantitative estimate of drug-likeness (QED) is 0.797. The molecule has 0 aliphatic rings. The molecule has 0 heterocycles. The van der Waals surface area contributed by atoms with Crippen molar-refractivity contribution >= 4 is 20.0 Å². The van der Waals surface area contributed by atoms with Gasteiger partial charge >= 0.3 is 7.60 Å². The molecule has 1 atom stereocenters. The van der Waals surface area contributed by atoms with Gasteiger partial charge in [0.1, 0.15) is 13.0 Å². The number of benzene rings is 1. The Morgan fingerprint density at radius 2 is 1.67 bits per heavy atom. The molecule has 0 saturated carbocycles. The van der Waals surface area contributed by atoms with Crippen LogP contribution in [0.1, 0.15) is 6.92 Å². The van der Waals surface area contributed by atoms with Crippen molar-refractivity contribution in [2.45, 2.75) is 6.92 Å². The molecule has 84 valence electrons. The Balaban J connectivity index is 3.07. The maximum atomic E-state index is 12.3. The van der Waals surface area contributed by atoms with E-state index in [1.54, 1.807) is 37.3 Å². The van der Waals surface area contributed by atoms with Gasteiger partial charge in [-0.1, -0.05) is 37.3 Å². The van der Waals surface area contributed by atoms with Crippen LogP contribution in [0.4, 0.5) is 0 Å². The molecular formula is C9H14O4P2. The molecule has 0 radical (unpaired) electrons. The minimum Gasteiger partial charge on any atom is -0.324 e. The first-order valence-electron chi connectivity index (χ1n) is 4.56. The van der Waals surface area contributed by atoms with Gasteiger partial charge in [0, 0.05) is 11.5 Å². The number of hydrogen-bond donors (Lipinski definition) is 2. The summed E-state index contributed by atoms with van der Waals surface area (Å²) in [6.07, 6.45) is 0.266. The highest BCUT2D eigenvalue weighted by Crippen LogP contribution is 2.56. The fraction of sp³-hybridized carbons (Fsp3) is 0.333. The normalized spacial score (nSPS) is 15.9. The van der Waals surface area contributed by atoms with Crippen molar-refractivity contribution in [1.82, 2.24) is 0 Å². The molecule has 6 heteroatoms. The van der Waals surface area contributed by atoms with Gasteiger partial charge in [-0.15, -0.1) is 0 Å². The summed E-state index contributed by atoms with van der Waals surface area (Å²) in [7, 11) is -7.17. The molecule has 1 aromatic rings. The van der Waals surface area contributed by atoms with Gasteiger partial charge in [0.25, 0.3) is 0 Å². The third kappa shape index (κ3) is 3.58. The topological polar surface area (TPSA) is 74.6 Å². The zero-order chi connectivity index (χ0) is 11.5. The molecule has 1 aromatic carbocycles. The van der Waals surface area contributed by atoms with Gasteiger partial charge in [0.05, 0.1) is 0 Å². The molecule has 4 nitrogen and oxygen atoms in total. The Kier molecular flexibility index (Phi) is 3.91. The van der Waals surface area contributed by atoms with Gasteiger partial charge in [-0.3, -0.25) is 4.57 Å². The lowest BCUT2D eigenvalue weighted by Crippen LogP contribution is -2.09. The van der Waals surface area contributed by atoms with E-state index in [4.69, 9.17) is 9.79 Å². The molecule has 2 N–H and O–H groups in total. The second-order valence-electron chi connectivity index (χ2n) is 3.35. The second-order valence-corrected chi connectivity index (χ2v) is 8.74. The van der Waals surface area contributed by atoms with E-state index in [1.807, 2.05) is 0 Å². The van der Waals surface area contributed by atoms with E-state index < -0.39 is 20.6 Å². The van der Waals surface area contributed by atoms with E-state index in [1.165, 1.54) is 0 Å². The summed E-state index contributed by atoms with van der Waals surface area (Å²) < 4.78 is 23.2. The lowest BCUT2D eigenvalue weighted by Gasteiger charge is -2.17. The molecule has 0 amide bonds. The third-order valence-corrected chi connectivity index (χ3v) is 7.71. The Morgan fingerprint density at radius 3 is 2.07 bits per heavy atom. The molecule has 0 aliphatic heterocycles. The molecule has 0 bridgehead atoms. The predicted octanol–water partition coefficient (Wildman–Crippen LogP) is 1.83. The summed E-state index contributed by atoms with van der Waals surface area (Å²) in [5.41, 5.74) is 0. The van der Waals surface area contributed by atoms with Crippen molar-refractivity contribution in [2.24, 2.45) is 0 Å². The Hall–Kier alpha value is -0.400. The van der Waals surface area contributed by atoms with E-state index in [-0.39, 0.29) is 6.16 Å². The molecule has 15 heavy (non-hydrogen) atoms. The van der Waals surface area contributed by atoms with Crippen molar-refractivity contribution in [1.29, 1.82) is 0 Å². The molecule has 0 fully saturated rings. The first kappa shape index (κ1) is 12.7. The summed E-state index contributed by atoms with van der Waals surface area (Å²) in [4.78, 5) is 17.8. The fourth-order valence-corrected chi connectivity index (χ4v) is 6.28. The van der Waals surface area contributed by atoms with Gasteiger partial charge in [0.15, 0.2) is 0 Å². The van der Waals surface area contributed by atoms with E-state index >= 15 is 0 Å². The molecule has 0 spiro atoms. The van der Waals surface area contributed by atoms with Gasteiger partial charge in [-0.2, -0.15) is 0 Å². The molecule has 0 saturated heterocycles. The Morgan fingerprint density at radius 1 is 1.13 bits per heavy atom. The lowest BCUT2D eigenvalue weighted by atomic mass is 10.4. The van der Waals surface area contributed by atoms with Gasteiger partial charge in [0.2, 0.25) is 0 Å². The average Bonchev–Trinajstić information content (AvgIpc) is 2.16. The summed E-state index contributed by atoms with van der Waals surface area (Å²) >= 11 is 0. The van der Waals surface area contributed by atoms with Crippen LogP contribution in [0.3, 0.4) is 0 Å². The van der Waals surface area contributed by atoms with Crippen LogP contribution < -0.4 is 5.30 Å². The highest BCUT2D eigenvalue weighted by atomic mass is 31.2. The van der Waals surface area contributed by atoms with Crippen molar-refractivity contribution in [3.63, 3.8) is 0 Å². The molecule has 1 rings (SSSR count). The molecule has 0 aliphatic carbocycles. The van der Waals surface area contributed by atoms with E-state index in [0.717, 1.165) is 0 Å². The van der Waals surface area contributed by atoms with Crippen LogP contribution in [0.2, 0.25) is 0 Å². The van der Waals surface area contributed by atoms with Gasteiger partial charge < -0.3 is 14.4 Å². The monoisotopic (exact) mass is 248 g/mol. The first-order valence-corrected chi connectivity index (χ1v) is 8.43. The van der Waals surface area contributed by atoms with Crippen LogP contribution >= 0.6 is 14.7 Å². The number of rotatable bonds is 4. The fourth-order valence-electron chi connectivity index (χ4n) is 1.36. The Bertz CT molecular complexity index is 409. The highest BCUT2D eigenvalue weighted by Gasteiger charge is 2.31. The number of hydrogen-bond acceptors (Lipinski definition) is 2. The summed E-state index contributed by atoms with van der Waals surface area (Å²) in [5, 5.41) is 0.538. The second kappa shape index (κ2) is 4.63. The minimum atomic E-state index is -4.23. The van der Waals surface area contributed by atoms with Crippen LogP contribution in [0.25, 0.3) is 0 Å².